The van der Waals surface area contributed by atoms with Crippen LogP contribution in [0.5, 0.6) is 5.75 Å². The highest BCUT2D eigenvalue weighted by molar-refractivity contribution is 14.1. The summed E-state index contributed by atoms with van der Waals surface area (Å²) in [5.74, 6) is -1.11. The number of nitrogens with zero attached hydrogens (tertiary/aromatic N) is 1. The zero-order valence-corrected chi connectivity index (χ0v) is 20.6. The normalized spacial score (nSPS) is 25.1. The molecule has 0 aromatic heterocycles. The van der Waals surface area contributed by atoms with E-state index in [1.54, 1.807) is 19.2 Å². The van der Waals surface area contributed by atoms with Crippen LogP contribution in [0.2, 0.25) is 0 Å². The second-order valence-electron chi connectivity index (χ2n) is 7.96. The van der Waals surface area contributed by atoms with E-state index in [1.165, 1.54) is 18.9 Å². The predicted molar refractivity (Wildman–Crippen MR) is 127 cm³/mol. The number of carbonyl (C=O) groups is 2. The SMILES string of the molecule is COC(=O)[C@]1(COCc2ccccc2)N(Cc2ccc(OC)cc2)C(=O)C(CI)[C@]1(C)O. The maximum Gasteiger partial charge on any atom is 0.337 e. The molecule has 1 fully saturated rings. The summed E-state index contributed by atoms with van der Waals surface area (Å²) in [5, 5.41) is 11.6. The molecular weight excluding hydrogens is 525 g/mol. The Morgan fingerprint density at radius 1 is 1.09 bits per heavy atom. The molecule has 0 saturated carbocycles. The van der Waals surface area contributed by atoms with Crippen molar-refractivity contribution in [3.63, 3.8) is 0 Å². The zero-order chi connectivity index (χ0) is 23.4. The van der Waals surface area contributed by atoms with Crippen molar-refractivity contribution in [2.45, 2.75) is 31.2 Å². The van der Waals surface area contributed by atoms with Crippen LogP contribution in [0.4, 0.5) is 0 Å². The van der Waals surface area contributed by atoms with E-state index in [1.807, 2.05) is 42.5 Å². The number of amides is 1. The van der Waals surface area contributed by atoms with Crippen LogP contribution in [0.15, 0.2) is 54.6 Å². The third-order valence-corrected chi connectivity index (χ3v) is 7.02. The molecule has 1 aliphatic rings. The van der Waals surface area contributed by atoms with Gasteiger partial charge >= 0.3 is 5.97 Å². The van der Waals surface area contributed by atoms with Gasteiger partial charge in [0.1, 0.15) is 11.4 Å². The first-order valence-electron chi connectivity index (χ1n) is 10.2. The minimum Gasteiger partial charge on any atom is -0.497 e. The lowest BCUT2D eigenvalue weighted by Crippen LogP contribution is -2.66. The molecule has 2 aromatic carbocycles. The van der Waals surface area contributed by atoms with E-state index < -0.39 is 23.0 Å². The average Bonchev–Trinajstić information content (AvgIpc) is 2.96. The Hall–Kier alpha value is -2.17. The molecule has 3 atom stereocenters. The van der Waals surface area contributed by atoms with Crippen LogP contribution < -0.4 is 4.74 Å². The van der Waals surface area contributed by atoms with Crippen LogP contribution in [0, 0.1) is 5.92 Å². The van der Waals surface area contributed by atoms with Gasteiger partial charge in [-0.15, -0.1) is 0 Å². The van der Waals surface area contributed by atoms with Crippen molar-refractivity contribution < 1.29 is 28.9 Å². The van der Waals surface area contributed by atoms with Gasteiger partial charge in [-0.25, -0.2) is 4.79 Å². The van der Waals surface area contributed by atoms with E-state index in [9.17, 15) is 14.7 Å². The smallest absolute Gasteiger partial charge is 0.337 e. The van der Waals surface area contributed by atoms with Gasteiger partial charge < -0.3 is 24.2 Å². The third kappa shape index (κ3) is 4.35. The molecule has 0 bridgehead atoms. The molecule has 1 heterocycles. The monoisotopic (exact) mass is 553 g/mol. The van der Waals surface area contributed by atoms with Gasteiger partial charge in [-0.05, 0) is 30.2 Å². The van der Waals surface area contributed by atoms with Crippen LogP contribution in [-0.4, -0.2) is 58.3 Å². The molecule has 1 N–H and O–H groups in total. The molecule has 2 aromatic rings. The van der Waals surface area contributed by atoms with E-state index in [0.717, 1.165) is 11.1 Å². The second kappa shape index (κ2) is 10.2. The molecule has 8 heteroatoms. The number of likely N-dealkylation sites (tertiary alicyclic amines) is 1. The summed E-state index contributed by atoms with van der Waals surface area (Å²) in [6.45, 7) is 1.67. The van der Waals surface area contributed by atoms with Crippen molar-refractivity contribution in [3.05, 3.63) is 65.7 Å². The summed E-state index contributed by atoms with van der Waals surface area (Å²) in [4.78, 5) is 28.1. The van der Waals surface area contributed by atoms with Gasteiger partial charge in [-0.3, -0.25) is 4.79 Å². The fourth-order valence-electron chi connectivity index (χ4n) is 4.18. The Kier molecular flexibility index (Phi) is 7.79. The van der Waals surface area contributed by atoms with E-state index >= 15 is 0 Å². The van der Waals surface area contributed by atoms with E-state index in [4.69, 9.17) is 14.2 Å². The average molecular weight is 553 g/mol. The molecule has 1 amide bonds. The maximum absolute atomic E-state index is 13.4. The molecule has 1 saturated heterocycles. The molecule has 3 rings (SSSR count). The molecule has 172 valence electrons. The molecule has 0 spiro atoms. The van der Waals surface area contributed by atoms with Crippen molar-refractivity contribution in [2.75, 3.05) is 25.3 Å². The summed E-state index contributed by atoms with van der Waals surface area (Å²) in [5.41, 5.74) is -1.67. The van der Waals surface area contributed by atoms with Crippen LogP contribution in [0.25, 0.3) is 0 Å². The fraction of sp³-hybridized carbons (Fsp3) is 0.417. The number of halogens is 1. The number of esters is 1. The molecule has 0 aliphatic carbocycles. The first-order valence-corrected chi connectivity index (χ1v) is 11.8. The highest BCUT2D eigenvalue weighted by Crippen LogP contribution is 2.46. The first-order chi connectivity index (χ1) is 15.3. The summed E-state index contributed by atoms with van der Waals surface area (Å²) >= 11 is 2.06. The van der Waals surface area contributed by atoms with Crippen molar-refractivity contribution in [2.24, 2.45) is 5.92 Å². The van der Waals surface area contributed by atoms with E-state index in [0.29, 0.717) is 10.2 Å². The lowest BCUT2D eigenvalue weighted by Gasteiger charge is -2.42. The van der Waals surface area contributed by atoms with Crippen molar-refractivity contribution in [3.8, 4) is 5.75 Å². The fourth-order valence-corrected chi connectivity index (χ4v) is 5.41. The van der Waals surface area contributed by atoms with Crippen LogP contribution in [0.3, 0.4) is 0 Å². The molecule has 7 nitrogen and oxygen atoms in total. The minimum absolute atomic E-state index is 0.121. The highest BCUT2D eigenvalue weighted by atomic mass is 127. The minimum atomic E-state index is -1.69. The van der Waals surface area contributed by atoms with Gasteiger partial charge in [0.05, 0.1) is 33.4 Å². The van der Waals surface area contributed by atoms with Gasteiger partial charge in [0.15, 0.2) is 5.54 Å². The third-order valence-electron chi connectivity index (χ3n) is 6.14. The van der Waals surface area contributed by atoms with Crippen molar-refractivity contribution in [1.82, 2.24) is 4.90 Å². The number of rotatable bonds is 9. The van der Waals surface area contributed by atoms with E-state index in [2.05, 4.69) is 22.6 Å². The number of hydrogen-bond donors (Lipinski definition) is 1. The standard InChI is InChI=1S/C24H28INO6/c1-23(29)20(13-25)21(27)26(14-17-9-11-19(30-2)12-10-17)24(23,22(28)31-3)16-32-15-18-7-5-4-6-8-18/h4-12,20,29H,13-16H2,1-3H3/t20?,23-,24-/m0/s1. The number of carbonyl (C=O) groups excluding carboxylic acids is 2. The zero-order valence-electron chi connectivity index (χ0n) is 18.4. The lowest BCUT2D eigenvalue weighted by atomic mass is 9.77. The number of hydrogen-bond acceptors (Lipinski definition) is 6. The summed E-state index contributed by atoms with van der Waals surface area (Å²) in [7, 11) is 2.83. The Labute approximate surface area is 201 Å². The molecule has 1 unspecified atom stereocenters. The Balaban J connectivity index is 1.98. The van der Waals surface area contributed by atoms with Crippen molar-refractivity contribution in [1.29, 1.82) is 0 Å². The Morgan fingerprint density at radius 3 is 2.31 bits per heavy atom. The summed E-state index contributed by atoms with van der Waals surface area (Å²) < 4.78 is 16.6. The number of aliphatic hydroxyl groups is 1. The molecule has 0 radical (unpaired) electrons. The number of alkyl halides is 1. The first kappa shape index (κ1) is 24.5. The topological polar surface area (TPSA) is 85.3 Å². The Bertz CT molecular complexity index is 933. The van der Waals surface area contributed by atoms with E-state index in [-0.39, 0.29) is 25.7 Å². The van der Waals surface area contributed by atoms with Gasteiger partial charge in [-0.2, -0.15) is 0 Å². The van der Waals surface area contributed by atoms with Gasteiger partial charge in [0.2, 0.25) is 5.91 Å². The summed E-state index contributed by atoms with van der Waals surface area (Å²) in [6, 6.07) is 16.7. The highest BCUT2D eigenvalue weighted by Gasteiger charge is 2.70. The van der Waals surface area contributed by atoms with Gasteiger partial charge in [-0.1, -0.05) is 65.1 Å². The Morgan fingerprint density at radius 2 is 1.75 bits per heavy atom. The van der Waals surface area contributed by atoms with Gasteiger partial charge in [0.25, 0.3) is 0 Å². The van der Waals surface area contributed by atoms with Gasteiger partial charge in [0, 0.05) is 11.0 Å². The number of benzene rings is 2. The largest absolute Gasteiger partial charge is 0.497 e. The van der Waals surface area contributed by atoms with Crippen LogP contribution in [0.1, 0.15) is 18.1 Å². The molecular formula is C24H28INO6. The summed E-state index contributed by atoms with van der Waals surface area (Å²) in [6.07, 6.45) is 0. The number of ether oxygens (including phenoxy) is 3. The molecule has 1 aliphatic heterocycles. The lowest BCUT2D eigenvalue weighted by molar-refractivity contribution is -0.179. The van der Waals surface area contributed by atoms with Crippen LogP contribution in [-0.2, 0) is 32.2 Å². The number of methoxy groups -OCH3 is 2. The maximum atomic E-state index is 13.4. The second-order valence-corrected chi connectivity index (χ2v) is 8.84. The predicted octanol–water partition coefficient (Wildman–Crippen LogP) is 2.97. The molecule has 32 heavy (non-hydrogen) atoms. The van der Waals surface area contributed by atoms with Crippen LogP contribution >= 0.6 is 22.6 Å². The quantitative estimate of drug-likeness (QED) is 0.292. The van der Waals surface area contributed by atoms with Crippen molar-refractivity contribution >= 4 is 34.5 Å².